The average molecular weight is 865 g/mol. The molecule has 0 aliphatic carbocycles. The number of hydrogen-bond acceptors (Lipinski definition) is 15. The molecule has 0 aromatic carbocycles. The predicted octanol–water partition coefficient (Wildman–Crippen LogP) is 5.26. The molecule has 11 atom stereocenters. The van der Waals surface area contributed by atoms with Crippen LogP contribution in [-0.2, 0) is 38.0 Å². The van der Waals surface area contributed by atoms with Gasteiger partial charge in [0.1, 0.15) is 68.1 Å². The lowest BCUT2D eigenvalue weighted by Crippen LogP contribution is -2.65. The maximum absolute atomic E-state index is 12.6. The van der Waals surface area contributed by atoms with Gasteiger partial charge in [0.2, 0.25) is 0 Å². The van der Waals surface area contributed by atoms with E-state index in [1.54, 1.807) is 0 Å². The van der Waals surface area contributed by atoms with Crippen LogP contribution >= 0.6 is 0 Å². The third-order valence-corrected chi connectivity index (χ3v) is 11.5. The highest BCUT2D eigenvalue weighted by Crippen LogP contribution is 2.30. The lowest BCUT2D eigenvalue weighted by atomic mass is 9.97. The summed E-state index contributed by atoms with van der Waals surface area (Å²) in [6, 6.07) is 0. The van der Waals surface area contributed by atoms with Gasteiger partial charge in [0.15, 0.2) is 12.6 Å². The van der Waals surface area contributed by atoms with Gasteiger partial charge in [-0.05, 0) is 12.8 Å². The fourth-order valence-corrected chi connectivity index (χ4v) is 7.66. The largest absolute Gasteiger partial charge is 0.463 e. The van der Waals surface area contributed by atoms with Gasteiger partial charge in [-0.3, -0.25) is 9.59 Å². The van der Waals surface area contributed by atoms with Crippen molar-refractivity contribution in [2.75, 3.05) is 26.4 Å². The summed E-state index contributed by atoms with van der Waals surface area (Å²) in [4.78, 5) is 25.0. The number of rotatable bonds is 36. The molecule has 7 N–H and O–H groups in total. The van der Waals surface area contributed by atoms with Crippen LogP contribution in [0.5, 0.6) is 0 Å². The van der Waals surface area contributed by atoms with Gasteiger partial charge in [0.05, 0.1) is 13.2 Å². The molecule has 0 radical (unpaired) electrons. The van der Waals surface area contributed by atoms with E-state index < -0.39 is 99.3 Å². The number of unbranched alkanes of at least 4 members (excludes halogenated alkanes) is 22. The summed E-state index contributed by atoms with van der Waals surface area (Å²) in [6.45, 7) is 2.44. The van der Waals surface area contributed by atoms with Crippen molar-refractivity contribution in [1.29, 1.82) is 0 Å². The van der Waals surface area contributed by atoms with Crippen LogP contribution in [0.15, 0.2) is 0 Å². The van der Waals surface area contributed by atoms with E-state index in [-0.39, 0.29) is 19.4 Å². The zero-order chi connectivity index (χ0) is 44.0. The first-order valence-corrected chi connectivity index (χ1v) is 23.6. The van der Waals surface area contributed by atoms with Crippen molar-refractivity contribution < 1.29 is 73.8 Å². The fourth-order valence-electron chi connectivity index (χ4n) is 7.66. The number of aliphatic hydroxyl groups is 7. The monoisotopic (exact) mass is 865 g/mol. The zero-order valence-corrected chi connectivity index (χ0v) is 37.0. The Morgan fingerprint density at radius 2 is 0.933 bits per heavy atom. The van der Waals surface area contributed by atoms with Crippen molar-refractivity contribution in [3.05, 3.63) is 0 Å². The highest BCUT2D eigenvalue weighted by molar-refractivity contribution is 5.69. The molecule has 0 aromatic heterocycles. The number of aliphatic hydroxyl groups excluding tert-OH is 7. The summed E-state index contributed by atoms with van der Waals surface area (Å²) in [5.41, 5.74) is 0. The number of hydrogen-bond donors (Lipinski definition) is 7. The summed E-state index contributed by atoms with van der Waals surface area (Å²) < 4.78 is 33.2. The van der Waals surface area contributed by atoms with Gasteiger partial charge in [0, 0.05) is 12.8 Å². The third-order valence-electron chi connectivity index (χ3n) is 11.5. The Hall–Kier alpha value is -1.50. The van der Waals surface area contributed by atoms with E-state index in [1.807, 2.05) is 0 Å². The minimum atomic E-state index is -1.83. The standard InChI is InChI=1S/C45H84O15/c1-3-5-7-9-11-13-15-17-19-21-23-25-27-36(48)55-30-33(47)31-57-44-42(54)43(60-45-41(53)40(52)38(50)34(29-46)58-45)39(51)35(59-44)32-56-37(49)28-26-24-22-20-18-16-14-12-10-8-6-4-2/h33-35,38-47,50-54H,3-32H2,1-2H3. The van der Waals surface area contributed by atoms with Crippen LogP contribution in [0, 0.1) is 0 Å². The van der Waals surface area contributed by atoms with E-state index >= 15 is 0 Å². The SMILES string of the molecule is CCCCCCCCCCCCCCC(=O)OCC(O)COC1OC(COC(=O)CCCCCCCCCCCCCC)C(O)C(OC2OC(CO)C(O)C(O)C2O)C1O. The Balaban J connectivity index is 1.81. The highest BCUT2D eigenvalue weighted by atomic mass is 16.7. The fraction of sp³-hybridized carbons (Fsp3) is 0.956. The number of carbonyl (C=O) groups excluding carboxylic acids is 2. The van der Waals surface area contributed by atoms with Gasteiger partial charge in [-0.2, -0.15) is 0 Å². The second-order valence-corrected chi connectivity index (χ2v) is 17.0. The molecular formula is C45H84O15. The van der Waals surface area contributed by atoms with Gasteiger partial charge in [-0.25, -0.2) is 0 Å². The summed E-state index contributed by atoms with van der Waals surface area (Å²) >= 11 is 0. The first kappa shape index (κ1) is 54.6. The summed E-state index contributed by atoms with van der Waals surface area (Å²) in [6.07, 6.45) is 10.7. The van der Waals surface area contributed by atoms with Gasteiger partial charge in [-0.15, -0.1) is 0 Å². The maximum atomic E-state index is 12.6. The van der Waals surface area contributed by atoms with Crippen LogP contribution in [-0.4, -0.2) is 142 Å². The molecule has 0 saturated carbocycles. The summed E-state index contributed by atoms with van der Waals surface area (Å²) in [5, 5.41) is 73.6. The summed E-state index contributed by atoms with van der Waals surface area (Å²) in [5.74, 6) is -0.954. The normalized spacial score (nSPS) is 27.5. The summed E-state index contributed by atoms with van der Waals surface area (Å²) in [7, 11) is 0. The van der Waals surface area contributed by atoms with Gasteiger partial charge >= 0.3 is 11.9 Å². The molecule has 0 spiro atoms. The van der Waals surface area contributed by atoms with Crippen molar-refractivity contribution in [3.63, 3.8) is 0 Å². The zero-order valence-electron chi connectivity index (χ0n) is 37.0. The van der Waals surface area contributed by atoms with E-state index in [9.17, 15) is 45.3 Å². The van der Waals surface area contributed by atoms with E-state index in [0.717, 1.165) is 38.5 Å². The highest BCUT2D eigenvalue weighted by Gasteiger charge is 2.51. The Bertz CT molecular complexity index is 1070. The topological polar surface area (TPSA) is 231 Å². The molecule has 2 rings (SSSR count). The quantitative estimate of drug-likeness (QED) is 0.0315. The van der Waals surface area contributed by atoms with Crippen LogP contribution in [0.2, 0.25) is 0 Å². The minimum absolute atomic E-state index is 0.165. The number of esters is 2. The lowest BCUT2D eigenvalue weighted by Gasteiger charge is -2.46. The van der Waals surface area contributed by atoms with Crippen molar-refractivity contribution in [3.8, 4) is 0 Å². The first-order chi connectivity index (χ1) is 29.0. The van der Waals surface area contributed by atoms with Crippen LogP contribution < -0.4 is 0 Å². The van der Waals surface area contributed by atoms with Crippen molar-refractivity contribution in [2.45, 2.75) is 248 Å². The molecule has 11 unspecified atom stereocenters. The molecular weight excluding hydrogens is 780 g/mol. The Labute approximate surface area is 359 Å². The van der Waals surface area contributed by atoms with Gasteiger partial charge < -0.3 is 64.2 Å². The molecule has 2 heterocycles. The second-order valence-electron chi connectivity index (χ2n) is 17.0. The first-order valence-electron chi connectivity index (χ1n) is 23.6. The minimum Gasteiger partial charge on any atom is -0.463 e. The number of ether oxygens (including phenoxy) is 6. The predicted molar refractivity (Wildman–Crippen MR) is 225 cm³/mol. The van der Waals surface area contributed by atoms with Crippen LogP contribution in [0.25, 0.3) is 0 Å². The molecule has 2 fully saturated rings. The Kier molecular flexibility index (Phi) is 30.9. The Morgan fingerprint density at radius 3 is 1.40 bits per heavy atom. The van der Waals surface area contributed by atoms with Crippen molar-refractivity contribution >= 4 is 11.9 Å². The molecule has 15 nitrogen and oxygen atoms in total. The second kappa shape index (κ2) is 34.0. The van der Waals surface area contributed by atoms with Crippen LogP contribution in [0.4, 0.5) is 0 Å². The molecule has 15 heteroatoms. The van der Waals surface area contributed by atoms with Crippen LogP contribution in [0.1, 0.15) is 181 Å². The van der Waals surface area contributed by atoms with E-state index in [0.29, 0.717) is 12.8 Å². The van der Waals surface area contributed by atoms with Crippen LogP contribution in [0.3, 0.4) is 0 Å². The third kappa shape index (κ3) is 22.7. The average Bonchev–Trinajstić information content (AvgIpc) is 3.24. The molecule has 2 saturated heterocycles. The smallest absolute Gasteiger partial charge is 0.305 e. The maximum Gasteiger partial charge on any atom is 0.305 e. The van der Waals surface area contributed by atoms with E-state index in [1.165, 1.54) is 103 Å². The molecule has 2 aliphatic heterocycles. The molecule has 0 aromatic rings. The Morgan fingerprint density at radius 1 is 0.500 bits per heavy atom. The number of carbonyl (C=O) groups is 2. The van der Waals surface area contributed by atoms with Gasteiger partial charge in [0.25, 0.3) is 0 Å². The lowest BCUT2D eigenvalue weighted by molar-refractivity contribution is -0.361. The van der Waals surface area contributed by atoms with E-state index in [2.05, 4.69) is 13.8 Å². The van der Waals surface area contributed by atoms with Gasteiger partial charge in [-0.1, -0.05) is 155 Å². The van der Waals surface area contributed by atoms with Crippen molar-refractivity contribution in [2.24, 2.45) is 0 Å². The molecule has 2 aliphatic rings. The van der Waals surface area contributed by atoms with Crippen molar-refractivity contribution in [1.82, 2.24) is 0 Å². The molecule has 0 amide bonds. The van der Waals surface area contributed by atoms with E-state index in [4.69, 9.17) is 28.4 Å². The molecule has 0 bridgehead atoms. The molecule has 354 valence electrons. The molecule has 60 heavy (non-hydrogen) atoms.